The van der Waals surface area contributed by atoms with Crippen LogP contribution in [0.3, 0.4) is 0 Å². The van der Waals surface area contributed by atoms with E-state index in [1.165, 1.54) is 6.07 Å². The van der Waals surface area contributed by atoms with E-state index < -0.39 is 0 Å². The summed E-state index contributed by atoms with van der Waals surface area (Å²) in [6.07, 6.45) is 0. The summed E-state index contributed by atoms with van der Waals surface area (Å²) in [5.74, 6) is -0.233. The predicted molar refractivity (Wildman–Crippen MR) is 50.4 cm³/mol. The minimum atomic E-state index is -0.233. The highest BCUT2D eigenvalue weighted by Crippen LogP contribution is 2.18. The normalized spacial score (nSPS) is 20.4. The minimum Gasteiger partial charge on any atom is -0.336 e. The van der Waals surface area contributed by atoms with E-state index in [4.69, 9.17) is 0 Å². The molecule has 0 radical (unpaired) electrons. The molecule has 14 heavy (non-hydrogen) atoms. The van der Waals surface area contributed by atoms with Gasteiger partial charge in [0.05, 0.1) is 6.04 Å². The molecule has 1 fully saturated rings. The molecule has 1 unspecified atom stereocenters. The van der Waals surface area contributed by atoms with Crippen molar-refractivity contribution in [3.8, 4) is 0 Å². The molecule has 0 saturated carbocycles. The first-order chi connectivity index (χ1) is 6.66. The molecule has 1 aromatic rings. The molecule has 1 heterocycles. The molecule has 2 amide bonds. The molecule has 0 aliphatic carbocycles. The fourth-order valence-electron chi connectivity index (χ4n) is 1.48. The van der Waals surface area contributed by atoms with Crippen LogP contribution in [0.1, 0.15) is 17.2 Å². The quantitative estimate of drug-likeness (QED) is 0.698. The lowest BCUT2D eigenvalue weighted by Crippen LogP contribution is -2.21. The van der Waals surface area contributed by atoms with Crippen molar-refractivity contribution in [2.24, 2.45) is 0 Å². The van der Waals surface area contributed by atoms with Crippen LogP contribution in [-0.4, -0.2) is 12.6 Å². The second kappa shape index (κ2) is 3.29. The predicted octanol–water partition coefficient (Wildman–Crippen LogP) is 1.49. The third-order valence-electron chi connectivity index (χ3n) is 2.37. The largest absolute Gasteiger partial charge is 0.336 e. The molecule has 74 valence electrons. The first-order valence-electron chi connectivity index (χ1n) is 4.47. The lowest BCUT2D eigenvalue weighted by atomic mass is 10.1. The van der Waals surface area contributed by atoms with E-state index in [2.05, 4.69) is 10.6 Å². The molecule has 1 aliphatic rings. The maximum atomic E-state index is 13.2. The second-order valence-electron chi connectivity index (χ2n) is 3.42. The number of amides is 2. The van der Waals surface area contributed by atoms with E-state index in [1.807, 2.05) is 6.07 Å². The van der Waals surface area contributed by atoms with Gasteiger partial charge < -0.3 is 10.6 Å². The van der Waals surface area contributed by atoms with Gasteiger partial charge in [0.25, 0.3) is 0 Å². The standard InChI is InChI=1S/C10H11FN2O/c1-6-2-3-7(4-8(6)11)9-5-12-10(14)13-9/h2-4,9H,5H2,1H3,(H2,12,13,14). The number of rotatable bonds is 1. The Bertz CT molecular complexity index is 378. The van der Waals surface area contributed by atoms with E-state index in [1.54, 1.807) is 13.0 Å². The first-order valence-corrected chi connectivity index (χ1v) is 4.47. The van der Waals surface area contributed by atoms with Crippen molar-refractivity contribution in [3.05, 3.63) is 35.1 Å². The Kier molecular flexibility index (Phi) is 2.11. The van der Waals surface area contributed by atoms with Crippen molar-refractivity contribution in [1.82, 2.24) is 10.6 Å². The summed E-state index contributed by atoms with van der Waals surface area (Å²) < 4.78 is 13.2. The number of carbonyl (C=O) groups is 1. The van der Waals surface area contributed by atoms with Crippen LogP contribution in [0.2, 0.25) is 0 Å². The van der Waals surface area contributed by atoms with Crippen molar-refractivity contribution < 1.29 is 9.18 Å². The average Bonchev–Trinajstić information content (AvgIpc) is 2.57. The molecule has 1 saturated heterocycles. The molecule has 0 aromatic heterocycles. The Labute approximate surface area is 81.3 Å². The van der Waals surface area contributed by atoms with E-state index in [0.29, 0.717) is 12.1 Å². The summed E-state index contributed by atoms with van der Waals surface area (Å²) >= 11 is 0. The van der Waals surface area contributed by atoms with Gasteiger partial charge in [-0.1, -0.05) is 12.1 Å². The summed E-state index contributed by atoms with van der Waals surface area (Å²) in [4.78, 5) is 10.9. The SMILES string of the molecule is Cc1ccc(C2CNC(=O)N2)cc1F. The Morgan fingerprint density at radius 2 is 2.29 bits per heavy atom. The van der Waals surface area contributed by atoms with E-state index in [0.717, 1.165) is 5.56 Å². The molecule has 2 N–H and O–H groups in total. The van der Waals surface area contributed by atoms with Gasteiger partial charge >= 0.3 is 6.03 Å². The fraction of sp³-hybridized carbons (Fsp3) is 0.300. The lowest BCUT2D eigenvalue weighted by Gasteiger charge is -2.09. The molecular formula is C10H11FN2O. The van der Waals surface area contributed by atoms with Gasteiger partial charge in [-0.05, 0) is 24.1 Å². The topological polar surface area (TPSA) is 41.1 Å². The molecule has 1 atom stereocenters. The molecule has 4 heteroatoms. The third kappa shape index (κ3) is 1.55. The fourth-order valence-corrected chi connectivity index (χ4v) is 1.48. The lowest BCUT2D eigenvalue weighted by molar-refractivity contribution is 0.247. The number of carbonyl (C=O) groups excluding carboxylic acids is 1. The molecule has 1 aliphatic heterocycles. The number of aryl methyl sites for hydroxylation is 1. The van der Waals surface area contributed by atoms with Crippen molar-refractivity contribution in [2.45, 2.75) is 13.0 Å². The summed E-state index contributed by atoms with van der Waals surface area (Å²) in [7, 11) is 0. The zero-order valence-electron chi connectivity index (χ0n) is 7.80. The molecule has 1 aromatic carbocycles. The average molecular weight is 194 g/mol. The van der Waals surface area contributed by atoms with Gasteiger partial charge in [0.2, 0.25) is 0 Å². The highest BCUT2D eigenvalue weighted by Gasteiger charge is 2.21. The Hall–Kier alpha value is -1.58. The van der Waals surface area contributed by atoms with Gasteiger partial charge in [0, 0.05) is 6.54 Å². The van der Waals surface area contributed by atoms with Crippen molar-refractivity contribution >= 4 is 6.03 Å². The van der Waals surface area contributed by atoms with Crippen LogP contribution in [0.25, 0.3) is 0 Å². The van der Waals surface area contributed by atoms with Gasteiger partial charge in [0.1, 0.15) is 5.82 Å². The Balaban J connectivity index is 2.24. The number of halogens is 1. The first kappa shape index (κ1) is 8.99. The molecule has 2 rings (SSSR count). The maximum absolute atomic E-state index is 13.2. The van der Waals surface area contributed by atoms with Crippen LogP contribution >= 0.6 is 0 Å². The monoisotopic (exact) mass is 194 g/mol. The van der Waals surface area contributed by atoms with Crippen molar-refractivity contribution in [3.63, 3.8) is 0 Å². The van der Waals surface area contributed by atoms with Crippen LogP contribution in [-0.2, 0) is 0 Å². The van der Waals surface area contributed by atoms with E-state index >= 15 is 0 Å². The molecule has 0 bridgehead atoms. The van der Waals surface area contributed by atoms with Gasteiger partial charge in [0.15, 0.2) is 0 Å². The van der Waals surface area contributed by atoms with Crippen molar-refractivity contribution in [2.75, 3.05) is 6.54 Å². The number of nitrogens with one attached hydrogen (secondary N) is 2. The molecule has 0 spiro atoms. The number of benzene rings is 1. The Morgan fingerprint density at radius 1 is 1.50 bits per heavy atom. The van der Waals surface area contributed by atoms with Crippen molar-refractivity contribution in [1.29, 1.82) is 0 Å². The zero-order valence-corrected chi connectivity index (χ0v) is 7.80. The zero-order chi connectivity index (χ0) is 10.1. The second-order valence-corrected chi connectivity index (χ2v) is 3.42. The van der Waals surface area contributed by atoms with Crippen LogP contribution in [0.4, 0.5) is 9.18 Å². The highest BCUT2D eigenvalue weighted by molar-refractivity contribution is 5.76. The number of hydrogen-bond acceptors (Lipinski definition) is 1. The Morgan fingerprint density at radius 3 is 2.86 bits per heavy atom. The third-order valence-corrected chi connectivity index (χ3v) is 2.37. The summed E-state index contributed by atoms with van der Waals surface area (Å²) in [6.45, 7) is 2.23. The van der Waals surface area contributed by atoms with Gasteiger partial charge in [-0.3, -0.25) is 0 Å². The smallest absolute Gasteiger partial charge is 0.315 e. The summed E-state index contributed by atoms with van der Waals surface area (Å²) in [6, 6.07) is 4.70. The number of urea groups is 1. The maximum Gasteiger partial charge on any atom is 0.315 e. The van der Waals surface area contributed by atoms with Gasteiger partial charge in [-0.25, -0.2) is 9.18 Å². The van der Waals surface area contributed by atoms with E-state index in [-0.39, 0.29) is 17.9 Å². The molecule has 3 nitrogen and oxygen atoms in total. The summed E-state index contributed by atoms with van der Waals surface area (Å²) in [5, 5.41) is 5.33. The van der Waals surface area contributed by atoms with Crippen LogP contribution in [0.5, 0.6) is 0 Å². The van der Waals surface area contributed by atoms with Crippen LogP contribution in [0.15, 0.2) is 18.2 Å². The van der Waals surface area contributed by atoms with Gasteiger partial charge in [-0.2, -0.15) is 0 Å². The molecular weight excluding hydrogens is 183 g/mol. The highest BCUT2D eigenvalue weighted by atomic mass is 19.1. The minimum absolute atomic E-state index is 0.113. The van der Waals surface area contributed by atoms with E-state index in [9.17, 15) is 9.18 Å². The van der Waals surface area contributed by atoms with Gasteiger partial charge in [-0.15, -0.1) is 0 Å². The number of hydrogen-bond donors (Lipinski definition) is 2. The summed E-state index contributed by atoms with van der Waals surface area (Å²) in [5.41, 5.74) is 1.41. The van der Waals surface area contributed by atoms with Crippen LogP contribution < -0.4 is 10.6 Å². The van der Waals surface area contributed by atoms with Crippen LogP contribution in [0, 0.1) is 12.7 Å².